The highest BCUT2D eigenvalue weighted by Gasteiger charge is 2.14. The van der Waals surface area contributed by atoms with Gasteiger partial charge in [-0.05, 0) is 63.9 Å². The number of tetrazole rings is 1. The standard InChI is InChI=1S/C26H26N6O/c1-3-4-9-25-27-23-7-5-6-8-24(23)32(25)17-18-10-12-19(13-11-18)22-16-20(33-2)14-15-21(22)26-28-30-31-29-26/h5-8,10-16H,3-4,9,17H2,1-2H3,(H,28,29,30,31). The minimum Gasteiger partial charge on any atom is -0.497 e. The summed E-state index contributed by atoms with van der Waals surface area (Å²) in [6, 6.07) is 22.9. The van der Waals surface area contributed by atoms with Crippen LogP contribution in [0.15, 0.2) is 66.7 Å². The van der Waals surface area contributed by atoms with Gasteiger partial charge in [-0.1, -0.05) is 49.7 Å². The number of methoxy groups -OCH3 is 1. The molecule has 0 aliphatic carbocycles. The molecule has 0 amide bonds. The highest BCUT2D eigenvalue weighted by molar-refractivity contribution is 5.81. The van der Waals surface area contributed by atoms with E-state index in [4.69, 9.17) is 9.72 Å². The number of benzene rings is 3. The molecule has 0 aliphatic rings. The summed E-state index contributed by atoms with van der Waals surface area (Å²) in [5.41, 5.74) is 6.48. The molecule has 5 rings (SSSR count). The second kappa shape index (κ2) is 9.24. The molecular weight excluding hydrogens is 412 g/mol. The number of nitrogens with zero attached hydrogens (tertiary/aromatic N) is 5. The van der Waals surface area contributed by atoms with Gasteiger partial charge in [-0.2, -0.15) is 0 Å². The van der Waals surface area contributed by atoms with Crippen molar-refractivity contribution in [2.45, 2.75) is 32.7 Å². The Morgan fingerprint density at radius 1 is 0.970 bits per heavy atom. The van der Waals surface area contributed by atoms with Crippen molar-refractivity contribution in [2.24, 2.45) is 0 Å². The van der Waals surface area contributed by atoms with Crippen molar-refractivity contribution in [3.63, 3.8) is 0 Å². The van der Waals surface area contributed by atoms with Gasteiger partial charge in [0.25, 0.3) is 0 Å². The zero-order valence-corrected chi connectivity index (χ0v) is 18.8. The van der Waals surface area contributed by atoms with Crippen molar-refractivity contribution in [2.75, 3.05) is 7.11 Å². The van der Waals surface area contributed by atoms with Crippen LogP contribution >= 0.6 is 0 Å². The first-order chi connectivity index (χ1) is 16.3. The Kier molecular flexibility index (Phi) is 5.85. The molecule has 0 radical (unpaired) electrons. The maximum Gasteiger partial charge on any atom is 0.180 e. The lowest BCUT2D eigenvalue weighted by molar-refractivity contribution is 0.415. The molecule has 2 aromatic heterocycles. The molecule has 166 valence electrons. The molecule has 0 aliphatic heterocycles. The van der Waals surface area contributed by atoms with Crippen LogP contribution in [0, 0.1) is 0 Å². The van der Waals surface area contributed by atoms with Crippen LogP contribution in [-0.2, 0) is 13.0 Å². The number of unbranched alkanes of at least 4 members (excludes halogenated alkanes) is 1. The van der Waals surface area contributed by atoms with Crippen molar-refractivity contribution in [3.05, 3.63) is 78.1 Å². The minimum atomic E-state index is 0.627. The molecule has 0 saturated heterocycles. The lowest BCUT2D eigenvalue weighted by Crippen LogP contribution is -2.05. The van der Waals surface area contributed by atoms with Crippen molar-refractivity contribution in [1.82, 2.24) is 30.2 Å². The van der Waals surface area contributed by atoms with Gasteiger partial charge in [0, 0.05) is 18.5 Å². The normalized spacial score (nSPS) is 11.2. The van der Waals surface area contributed by atoms with Crippen LogP contribution in [0.5, 0.6) is 5.75 Å². The molecule has 0 atom stereocenters. The van der Waals surface area contributed by atoms with E-state index in [9.17, 15) is 0 Å². The zero-order valence-electron chi connectivity index (χ0n) is 18.8. The number of aromatic amines is 1. The van der Waals surface area contributed by atoms with E-state index in [1.165, 1.54) is 11.1 Å². The van der Waals surface area contributed by atoms with E-state index in [-0.39, 0.29) is 0 Å². The van der Waals surface area contributed by atoms with E-state index >= 15 is 0 Å². The molecular formula is C26H26N6O. The third-order valence-corrected chi connectivity index (χ3v) is 5.92. The summed E-state index contributed by atoms with van der Waals surface area (Å²) in [6.45, 7) is 3.00. The Labute approximate surface area is 192 Å². The van der Waals surface area contributed by atoms with E-state index in [0.29, 0.717) is 5.82 Å². The molecule has 2 heterocycles. The van der Waals surface area contributed by atoms with Gasteiger partial charge >= 0.3 is 0 Å². The molecule has 1 N–H and O–H groups in total. The first kappa shape index (κ1) is 20.9. The van der Waals surface area contributed by atoms with Gasteiger partial charge in [0.05, 0.1) is 18.1 Å². The topological polar surface area (TPSA) is 81.5 Å². The molecule has 0 spiro atoms. The first-order valence-electron chi connectivity index (χ1n) is 11.2. The van der Waals surface area contributed by atoms with Crippen LogP contribution in [0.1, 0.15) is 31.2 Å². The van der Waals surface area contributed by atoms with Crippen molar-refractivity contribution in [1.29, 1.82) is 0 Å². The fourth-order valence-corrected chi connectivity index (χ4v) is 4.17. The van der Waals surface area contributed by atoms with Crippen molar-refractivity contribution >= 4 is 11.0 Å². The van der Waals surface area contributed by atoms with E-state index in [1.54, 1.807) is 7.11 Å². The quantitative estimate of drug-likeness (QED) is 0.356. The van der Waals surface area contributed by atoms with E-state index < -0.39 is 0 Å². The highest BCUT2D eigenvalue weighted by atomic mass is 16.5. The molecule has 0 fully saturated rings. The van der Waals surface area contributed by atoms with E-state index in [0.717, 1.165) is 59.6 Å². The lowest BCUT2D eigenvalue weighted by atomic mass is 9.98. The van der Waals surface area contributed by atoms with Gasteiger partial charge < -0.3 is 9.30 Å². The van der Waals surface area contributed by atoms with Crippen LogP contribution < -0.4 is 4.74 Å². The van der Waals surface area contributed by atoms with Crippen LogP contribution in [-0.4, -0.2) is 37.3 Å². The average molecular weight is 439 g/mol. The Hall–Kier alpha value is -4.00. The maximum absolute atomic E-state index is 5.46. The Balaban J connectivity index is 1.49. The first-order valence-corrected chi connectivity index (χ1v) is 11.2. The van der Waals surface area contributed by atoms with Crippen LogP contribution in [0.4, 0.5) is 0 Å². The molecule has 0 saturated carbocycles. The number of rotatable bonds is 8. The molecule has 5 aromatic rings. The van der Waals surface area contributed by atoms with Crippen LogP contribution in [0.25, 0.3) is 33.5 Å². The van der Waals surface area contributed by atoms with Crippen LogP contribution in [0.2, 0.25) is 0 Å². The monoisotopic (exact) mass is 438 g/mol. The van der Waals surface area contributed by atoms with Crippen molar-refractivity contribution in [3.8, 4) is 28.3 Å². The number of imidazole rings is 1. The van der Waals surface area contributed by atoms with Gasteiger partial charge in [0.15, 0.2) is 5.82 Å². The summed E-state index contributed by atoms with van der Waals surface area (Å²) in [6.07, 6.45) is 3.28. The Morgan fingerprint density at radius 3 is 2.58 bits per heavy atom. The van der Waals surface area contributed by atoms with Gasteiger partial charge in [-0.25, -0.2) is 10.1 Å². The number of nitrogens with one attached hydrogen (secondary N) is 1. The number of para-hydroxylation sites is 2. The highest BCUT2D eigenvalue weighted by Crippen LogP contribution is 2.33. The third kappa shape index (κ3) is 4.22. The summed E-state index contributed by atoms with van der Waals surface area (Å²) >= 11 is 0. The largest absolute Gasteiger partial charge is 0.497 e. The number of aromatic nitrogens is 6. The number of fused-ring (bicyclic) bond motifs is 1. The van der Waals surface area contributed by atoms with Gasteiger partial charge in [-0.3, -0.25) is 0 Å². The van der Waals surface area contributed by atoms with Crippen LogP contribution in [0.3, 0.4) is 0 Å². The van der Waals surface area contributed by atoms with Crippen molar-refractivity contribution < 1.29 is 4.74 Å². The molecule has 0 bridgehead atoms. The smallest absolute Gasteiger partial charge is 0.180 e. The predicted molar refractivity (Wildman–Crippen MR) is 129 cm³/mol. The number of H-pyrrole nitrogens is 1. The van der Waals surface area contributed by atoms with E-state index in [1.807, 2.05) is 24.3 Å². The number of hydrogen-bond donors (Lipinski definition) is 1. The predicted octanol–water partition coefficient (Wildman–Crippen LogP) is 5.28. The zero-order chi connectivity index (χ0) is 22.6. The summed E-state index contributed by atoms with van der Waals surface area (Å²) in [5.74, 6) is 2.56. The molecule has 7 nitrogen and oxygen atoms in total. The number of hydrogen-bond acceptors (Lipinski definition) is 5. The van der Waals surface area contributed by atoms with Gasteiger partial charge in [-0.15, -0.1) is 5.10 Å². The summed E-state index contributed by atoms with van der Waals surface area (Å²) in [4.78, 5) is 4.90. The molecule has 33 heavy (non-hydrogen) atoms. The fourth-order valence-electron chi connectivity index (χ4n) is 4.17. The summed E-state index contributed by atoms with van der Waals surface area (Å²) < 4.78 is 7.80. The average Bonchev–Trinajstić information content (AvgIpc) is 3.51. The fraction of sp³-hybridized carbons (Fsp3) is 0.231. The van der Waals surface area contributed by atoms with Gasteiger partial charge in [0.2, 0.25) is 0 Å². The Bertz CT molecular complexity index is 1360. The molecule has 3 aromatic carbocycles. The molecule has 0 unspecified atom stereocenters. The second-order valence-electron chi connectivity index (χ2n) is 8.06. The number of aryl methyl sites for hydroxylation is 1. The van der Waals surface area contributed by atoms with E-state index in [2.05, 4.69) is 74.6 Å². The second-order valence-corrected chi connectivity index (χ2v) is 8.06. The summed E-state index contributed by atoms with van der Waals surface area (Å²) in [5, 5.41) is 14.4. The SMILES string of the molecule is CCCCc1nc2ccccc2n1Cc1ccc(-c2cc(OC)ccc2-c2nnn[nH]2)cc1. The van der Waals surface area contributed by atoms with Gasteiger partial charge in [0.1, 0.15) is 11.6 Å². The minimum absolute atomic E-state index is 0.627. The number of ether oxygens (including phenoxy) is 1. The molecule has 7 heteroatoms. The Morgan fingerprint density at radius 2 is 1.82 bits per heavy atom. The maximum atomic E-state index is 5.46. The summed E-state index contributed by atoms with van der Waals surface area (Å²) in [7, 11) is 1.67. The third-order valence-electron chi connectivity index (χ3n) is 5.92. The lowest BCUT2D eigenvalue weighted by Gasteiger charge is -2.12.